The lowest BCUT2D eigenvalue weighted by molar-refractivity contribution is -0.129. The van der Waals surface area contributed by atoms with E-state index in [1.54, 1.807) is 36.4 Å². The minimum atomic E-state index is -3.14. The van der Waals surface area contributed by atoms with Crippen molar-refractivity contribution >= 4 is 27.7 Å². The molecule has 0 aromatic heterocycles. The molecule has 1 atom stereocenters. The van der Waals surface area contributed by atoms with Crippen molar-refractivity contribution in [3.8, 4) is 5.75 Å². The Morgan fingerprint density at radius 2 is 1.96 bits per heavy atom. The standard InChI is InChI=1S/C17H20N2O5S/c1-2-10-24-15-6-3-13(4-7-15)5-8-16(20)18-19-17(21)14-9-11-25(22,23)12-14/h2-8,14H,1,9-12H2,(H,18,20)(H,19,21)/b8-5+/t14-/m0/s1. The summed E-state index contributed by atoms with van der Waals surface area (Å²) in [6, 6.07) is 7.10. The maximum atomic E-state index is 11.8. The molecular formula is C17H20N2O5S. The minimum Gasteiger partial charge on any atom is -0.490 e. The topological polar surface area (TPSA) is 102 Å². The maximum Gasteiger partial charge on any atom is 0.262 e. The van der Waals surface area contributed by atoms with Gasteiger partial charge in [-0.25, -0.2) is 8.42 Å². The number of hydrazine groups is 1. The van der Waals surface area contributed by atoms with Crippen LogP contribution in [0.1, 0.15) is 12.0 Å². The summed E-state index contributed by atoms with van der Waals surface area (Å²) in [5, 5.41) is 0. The van der Waals surface area contributed by atoms with Crippen LogP contribution in [0.15, 0.2) is 43.0 Å². The zero-order valence-corrected chi connectivity index (χ0v) is 14.4. The van der Waals surface area contributed by atoms with Gasteiger partial charge < -0.3 is 4.74 Å². The smallest absolute Gasteiger partial charge is 0.262 e. The van der Waals surface area contributed by atoms with Gasteiger partial charge in [-0.05, 0) is 30.2 Å². The van der Waals surface area contributed by atoms with Crippen molar-refractivity contribution in [2.75, 3.05) is 18.1 Å². The van der Waals surface area contributed by atoms with E-state index in [0.717, 1.165) is 5.56 Å². The first-order valence-electron chi connectivity index (χ1n) is 7.72. The molecule has 1 fully saturated rings. The predicted molar refractivity (Wildman–Crippen MR) is 94.2 cm³/mol. The van der Waals surface area contributed by atoms with Crippen LogP contribution in [0.3, 0.4) is 0 Å². The van der Waals surface area contributed by atoms with Crippen LogP contribution in [0, 0.1) is 5.92 Å². The van der Waals surface area contributed by atoms with Crippen LogP contribution in [0.2, 0.25) is 0 Å². The lowest BCUT2D eigenvalue weighted by atomic mass is 10.1. The highest BCUT2D eigenvalue weighted by Crippen LogP contribution is 2.18. The van der Waals surface area contributed by atoms with Crippen LogP contribution in [-0.2, 0) is 19.4 Å². The van der Waals surface area contributed by atoms with Gasteiger partial charge in [0, 0.05) is 6.08 Å². The molecule has 1 aromatic rings. The van der Waals surface area contributed by atoms with Crippen molar-refractivity contribution < 1.29 is 22.7 Å². The number of hydrogen-bond acceptors (Lipinski definition) is 5. The Labute approximate surface area is 146 Å². The van der Waals surface area contributed by atoms with E-state index < -0.39 is 27.6 Å². The summed E-state index contributed by atoms with van der Waals surface area (Å²) in [5.74, 6) is -1.10. The number of amides is 2. The fourth-order valence-corrected chi connectivity index (χ4v) is 4.01. The molecule has 0 bridgehead atoms. The van der Waals surface area contributed by atoms with Gasteiger partial charge in [0.25, 0.3) is 5.91 Å². The molecule has 8 heteroatoms. The fourth-order valence-electron chi connectivity index (χ4n) is 2.27. The number of rotatable bonds is 6. The highest BCUT2D eigenvalue weighted by molar-refractivity contribution is 7.91. The van der Waals surface area contributed by atoms with Crippen molar-refractivity contribution in [3.05, 3.63) is 48.6 Å². The van der Waals surface area contributed by atoms with E-state index in [2.05, 4.69) is 17.4 Å². The molecule has 0 aliphatic carbocycles. The Balaban J connectivity index is 1.78. The molecule has 1 aromatic carbocycles. The summed E-state index contributed by atoms with van der Waals surface area (Å²) >= 11 is 0. The van der Waals surface area contributed by atoms with Crippen molar-refractivity contribution in [2.45, 2.75) is 6.42 Å². The normalized spacial score (nSPS) is 18.6. The first-order chi connectivity index (χ1) is 11.9. The minimum absolute atomic E-state index is 0.00540. The molecule has 1 heterocycles. The molecule has 2 N–H and O–H groups in total. The van der Waals surface area contributed by atoms with Crippen molar-refractivity contribution in [1.82, 2.24) is 10.9 Å². The van der Waals surface area contributed by atoms with Crippen LogP contribution < -0.4 is 15.6 Å². The van der Waals surface area contributed by atoms with Gasteiger partial charge in [0.15, 0.2) is 9.84 Å². The van der Waals surface area contributed by atoms with E-state index in [0.29, 0.717) is 12.4 Å². The Bertz CT molecular complexity index is 769. The Morgan fingerprint density at radius 1 is 1.24 bits per heavy atom. The monoisotopic (exact) mass is 364 g/mol. The number of carbonyl (C=O) groups is 2. The Hall–Kier alpha value is -2.61. The Morgan fingerprint density at radius 3 is 2.56 bits per heavy atom. The quantitative estimate of drug-likeness (QED) is 0.443. The third kappa shape index (κ3) is 6.07. The Kier molecular flexibility index (Phi) is 6.35. The highest BCUT2D eigenvalue weighted by atomic mass is 32.2. The van der Waals surface area contributed by atoms with Gasteiger partial charge in [-0.2, -0.15) is 0 Å². The van der Waals surface area contributed by atoms with Crippen LogP contribution in [0.25, 0.3) is 6.08 Å². The molecule has 2 amide bonds. The summed E-state index contributed by atoms with van der Waals surface area (Å²) in [7, 11) is -3.14. The van der Waals surface area contributed by atoms with Crippen molar-refractivity contribution in [1.29, 1.82) is 0 Å². The number of benzene rings is 1. The molecule has 1 aliphatic rings. The molecule has 1 saturated heterocycles. The van der Waals surface area contributed by atoms with Crippen LogP contribution in [0.5, 0.6) is 5.75 Å². The number of ether oxygens (including phenoxy) is 1. The summed E-state index contributed by atoms with van der Waals surface area (Å²) in [6.45, 7) is 3.98. The third-order valence-corrected chi connectivity index (χ3v) is 5.36. The number of nitrogens with one attached hydrogen (secondary N) is 2. The van der Waals surface area contributed by atoms with Crippen LogP contribution in [0.4, 0.5) is 0 Å². The van der Waals surface area contributed by atoms with E-state index in [4.69, 9.17) is 4.74 Å². The van der Waals surface area contributed by atoms with Crippen molar-refractivity contribution in [2.24, 2.45) is 5.92 Å². The lowest BCUT2D eigenvalue weighted by Gasteiger charge is -2.09. The molecular weight excluding hydrogens is 344 g/mol. The molecule has 0 spiro atoms. The lowest BCUT2D eigenvalue weighted by Crippen LogP contribution is -2.44. The van der Waals surface area contributed by atoms with E-state index in [1.807, 2.05) is 0 Å². The predicted octanol–water partition coefficient (Wildman–Crippen LogP) is 0.847. The number of carbonyl (C=O) groups excluding carboxylic acids is 2. The summed E-state index contributed by atoms with van der Waals surface area (Å²) < 4.78 is 28.0. The molecule has 0 radical (unpaired) electrons. The summed E-state index contributed by atoms with van der Waals surface area (Å²) in [5.41, 5.74) is 5.27. The van der Waals surface area contributed by atoms with E-state index >= 15 is 0 Å². The summed E-state index contributed by atoms with van der Waals surface area (Å²) in [6.07, 6.45) is 4.78. The zero-order valence-electron chi connectivity index (χ0n) is 13.6. The first kappa shape index (κ1) is 18.7. The molecule has 0 saturated carbocycles. The van der Waals surface area contributed by atoms with Gasteiger partial charge in [0.05, 0.1) is 17.4 Å². The zero-order chi connectivity index (χ0) is 18.3. The van der Waals surface area contributed by atoms with Gasteiger partial charge in [0.2, 0.25) is 5.91 Å². The first-order valence-corrected chi connectivity index (χ1v) is 9.54. The number of sulfone groups is 1. The fraction of sp³-hybridized carbons (Fsp3) is 0.294. The largest absolute Gasteiger partial charge is 0.490 e. The second-order valence-electron chi connectivity index (χ2n) is 5.58. The van der Waals surface area contributed by atoms with Crippen molar-refractivity contribution in [3.63, 3.8) is 0 Å². The third-order valence-electron chi connectivity index (χ3n) is 3.59. The molecule has 134 valence electrons. The highest BCUT2D eigenvalue weighted by Gasteiger charge is 2.32. The number of hydrogen-bond donors (Lipinski definition) is 2. The summed E-state index contributed by atoms with van der Waals surface area (Å²) in [4.78, 5) is 23.5. The average Bonchev–Trinajstić information content (AvgIpc) is 2.97. The molecule has 2 rings (SSSR count). The van der Waals surface area contributed by atoms with Gasteiger partial charge >= 0.3 is 0 Å². The van der Waals surface area contributed by atoms with E-state index in [1.165, 1.54) is 6.08 Å². The SMILES string of the molecule is C=CCOc1ccc(/C=C/C(=O)NNC(=O)[C@H]2CCS(=O)(=O)C2)cc1. The van der Waals surface area contributed by atoms with E-state index in [-0.39, 0.29) is 17.9 Å². The molecule has 25 heavy (non-hydrogen) atoms. The van der Waals surface area contributed by atoms with Gasteiger partial charge in [-0.3, -0.25) is 20.4 Å². The average molecular weight is 364 g/mol. The molecule has 1 aliphatic heterocycles. The van der Waals surface area contributed by atoms with Gasteiger partial charge in [-0.1, -0.05) is 24.8 Å². The van der Waals surface area contributed by atoms with Crippen LogP contribution >= 0.6 is 0 Å². The van der Waals surface area contributed by atoms with Crippen LogP contribution in [-0.4, -0.2) is 38.3 Å². The maximum absolute atomic E-state index is 11.8. The molecule has 0 unspecified atom stereocenters. The van der Waals surface area contributed by atoms with E-state index in [9.17, 15) is 18.0 Å². The second kappa shape index (κ2) is 8.48. The molecule has 7 nitrogen and oxygen atoms in total. The second-order valence-corrected chi connectivity index (χ2v) is 7.81. The van der Waals surface area contributed by atoms with Gasteiger partial charge in [0.1, 0.15) is 12.4 Å². The van der Waals surface area contributed by atoms with Gasteiger partial charge in [-0.15, -0.1) is 0 Å².